The van der Waals surface area contributed by atoms with Gasteiger partial charge in [-0.15, -0.1) is 0 Å². The maximum absolute atomic E-state index is 12.4. The van der Waals surface area contributed by atoms with Crippen LogP contribution in [-0.4, -0.2) is 23.5 Å². The van der Waals surface area contributed by atoms with E-state index in [-0.39, 0.29) is 5.91 Å². The number of benzene rings is 2. The number of carbonyl (C=O) groups excluding carboxylic acids is 1. The highest BCUT2D eigenvalue weighted by Gasteiger charge is 2.17. The van der Waals surface area contributed by atoms with E-state index in [9.17, 15) is 4.79 Å². The van der Waals surface area contributed by atoms with Gasteiger partial charge in [-0.3, -0.25) is 4.79 Å². The van der Waals surface area contributed by atoms with Crippen molar-refractivity contribution in [1.82, 2.24) is 10.3 Å². The lowest BCUT2D eigenvalue weighted by molar-refractivity contribution is -0.127. The summed E-state index contributed by atoms with van der Waals surface area (Å²) in [6.07, 6.45) is 2.24. The molecule has 2 heterocycles. The van der Waals surface area contributed by atoms with Crippen LogP contribution in [0.4, 0.5) is 5.82 Å². The number of ether oxygens (including phenoxy) is 1. The molecule has 5 nitrogen and oxygen atoms in total. The molecule has 3 aromatic rings. The summed E-state index contributed by atoms with van der Waals surface area (Å²) in [6, 6.07) is 18.0. The summed E-state index contributed by atoms with van der Waals surface area (Å²) < 4.78 is 5.73. The lowest BCUT2D eigenvalue weighted by Crippen LogP contribution is -2.36. The molecule has 1 unspecified atom stereocenters. The summed E-state index contributed by atoms with van der Waals surface area (Å²) in [5, 5.41) is 3.59. The lowest BCUT2D eigenvalue weighted by atomic mass is 10.00. The number of aryl methyl sites for hydroxylation is 1. The van der Waals surface area contributed by atoms with Crippen molar-refractivity contribution in [2.24, 2.45) is 0 Å². The van der Waals surface area contributed by atoms with E-state index in [0.717, 1.165) is 36.5 Å². The first-order chi connectivity index (χ1) is 15.0. The quantitative estimate of drug-likeness (QED) is 0.610. The van der Waals surface area contributed by atoms with E-state index in [4.69, 9.17) is 16.3 Å². The summed E-state index contributed by atoms with van der Waals surface area (Å²) in [7, 11) is 0. The van der Waals surface area contributed by atoms with Crippen LogP contribution in [0.1, 0.15) is 29.2 Å². The number of aromatic nitrogens is 1. The van der Waals surface area contributed by atoms with Crippen LogP contribution in [0, 0.1) is 6.92 Å². The predicted molar refractivity (Wildman–Crippen MR) is 124 cm³/mol. The molecular formula is C25H26ClN3O2. The molecule has 1 N–H and O–H groups in total. The summed E-state index contributed by atoms with van der Waals surface area (Å²) >= 11 is 6.04. The van der Waals surface area contributed by atoms with Crippen molar-refractivity contribution in [3.05, 3.63) is 88.1 Å². The molecule has 1 aromatic heterocycles. The number of pyridine rings is 1. The average Bonchev–Trinajstić information content (AvgIpc) is 2.80. The fourth-order valence-corrected chi connectivity index (χ4v) is 3.80. The smallest absolute Gasteiger partial charge is 0.261 e. The molecule has 0 radical (unpaired) electrons. The van der Waals surface area contributed by atoms with Gasteiger partial charge in [0.05, 0.1) is 0 Å². The zero-order valence-electron chi connectivity index (χ0n) is 17.8. The van der Waals surface area contributed by atoms with Gasteiger partial charge in [0.25, 0.3) is 5.91 Å². The van der Waals surface area contributed by atoms with Crippen molar-refractivity contribution >= 4 is 23.3 Å². The molecule has 0 saturated carbocycles. The molecule has 31 heavy (non-hydrogen) atoms. The number of fused-ring (bicyclic) bond motifs is 1. The van der Waals surface area contributed by atoms with Gasteiger partial charge in [-0.05, 0) is 66.8 Å². The second kappa shape index (κ2) is 9.40. The largest absolute Gasteiger partial charge is 0.481 e. The first-order valence-electron chi connectivity index (χ1n) is 10.5. The third-order valence-corrected chi connectivity index (χ3v) is 5.97. The second-order valence-corrected chi connectivity index (χ2v) is 8.26. The van der Waals surface area contributed by atoms with Crippen LogP contribution < -0.4 is 15.0 Å². The van der Waals surface area contributed by atoms with Gasteiger partial charge in [0, 0.05) is 30.9 Å². The van der Waals surface area contributed by atoms with Crippen LogP contribution in [0.25, 0.3) is 0 Å². The van der Waals surface area contributed by atoms with E-state index in [1.807, 2.05) is 31.3 Å². The monoisotopic (exact) mass is 435 g/mol. The van der Waals surface area contributed by atoms with Crippen LogP contribution in [0.15, 0.2) is 60.8 Å². The number of rotatable bonds is 6. The second-order valence-electron chi connectivity index (χ2n) is 7.85. The van der Waals surface area contributed by atoms with Gasteiger partial charge in [-0.2, -0.15) is 0 Å². The minimum atomic E-state index is -0.610. The Morgan fingerprint density at radius 2 is 2.00 bits per heavy atom. The Kier molecular flexibility index (Phi) is 6.42. The van der Waals surface area contributed by atoms with Gasteiger partial charge in [0.2, 0.25) is 0 Å². The minimum Gasteiger partial charge on any atom is -0.481 e. The van der Waals surface area contributed by atoms with Gasteiger partial charge in [-0.1, -0.05) is 41.9 Å². The molecule has 2 aromatic carbocycles. The van der Waals surface area contributed by atoms with Gasteiger partial charge < -0.3 is 15.0 Å². The molecule has 1 amide bonds. The number of nitrogens with one attached hydrogen (secondary N) is 1. The van der Waals surface area contributed by atoms with Crippen molar-refractivity contribution in [2.75, 3.05) is 11.4 Å². The van der Waals surface area contributed by atoms with Crippen LogP contribution in [0.2, 0.25) is 5.02 Å². The normalized spacial score (nSPS) is 14.0. The Labute approximate surface area is 188 Å². The third kappa shape index (κ3) is 5.17. The minimum absolute atomic E-state index is 0.177. The number of nitrogens with zero attached hydrogens (tertiary/aromatic N) is 2. The summed E-state index contributed by atoms with van der Waals surface area (Å²) in [6.45, 7) is 5.87. The highest BCUT2D eigenvalue weighted by atomic mass is 35.5. The maximum Gasteiger partial charge on any atom is 0.261 e. The standard InChI is InChI=1S/C25H26ClN3O2/c1-17-13-22(8-9-23(17)26)31-18(2)25(30)28-15-19-7-10-24(27-14-19)29-12-11-20-5-3-4-6-21(20)16-29/h3-10,13-14,18H,11-12,15-16H2,1-2H3,(H,28,30). The van der Waals surface area contributed by atoms with Crippen molar-refractivity contribution in [2.45, 2.75) is 39.5 Å². The SMILES string of the molecule is Cc1cc(OC(C)C(=O)NCc2ccc(N3CCc4ccccc4C3)nc2)ccc1Cl. The van der Waals surface area contributed by atoms with Gasteiger partial charge in [0.15, 0.2) is 6.10 Å². The molecule has 6 heteroatoms. The number of halogens is 1. The van der Waals surface area contributed by atoms with Crippen LogP contribution >= 0.6 is 11.6 Å². The zero-order chi connectivity index (χ0) is 21.8. The molecular weight excluding hydrogens is 410 g/mol. The van der Waals surface area contributed by atoms with Crippen molar-refractivity contribution in [1.29, 1.82) is 0 Å². The summed E-state index contributed by atoms with van der Waals surface area (Å²) in [4.78, 5) is 19.3. The Balaban J connectivity index is 1.30. The Bertz CT molecular complexity index is 1070. The Hall–Kier alpha value is -3.05. The summed E-state index contributed by atoms with van der Waals surface area (Å²) in [5.74, 6) is 1.40. The fourth-order valence-electron chi connectivity index (χ4n) is 3.68. The lowest BCUT2D eigenvalue weighted by Gasteiger charge is -2.29. The molecule has 4 rings (SSSR count). The topological polar surface area (TPSA) is 54.5 Å². The van der Waals surface area contributed by atoms with E-state index >= 15 is 0 Å². The Morgan fingerprint density at radius 3 is 2.74 bits per heavy atom. The van der Waals surface area contributed by atoms with E-state index in [1.165, 1.54) is 11.1 Å². The van der Waals surface area contributed by atoms with E-state index in [2.05, 4.69) is 39.5 Å². The Morgan fingerprint density at radius 1 is 1.19 bits per heavy atom. The van der Waals surface area contributed by atoms with Crippen LogP contribution in [-0.2, 0) is 24.3 Å². The molecule has 1 atom stereocenters. The van der Waals surface area contributed by atoms with Crippen LogP contribution in [0.3, 0.4) is 0 Å². The average molecular weight is 436 g/mol. The molecule has 0 fully saturated rings. The highest BCUT2D eigenvalue weighted by Crippen LogP contribution is 2.23. The van der Waals surface area contributed by atoms with Gasteiger partial charge in [-0.25, -0.2) is 4.98 Å². The van der Waals surface area contributed by atoms with Crippen LogP contribution in [0.5, 0.6) is 5.75 Å². The highest BCUT2D eigenvalue weighted by molar-refractivity contribution is 6.31. The predicted octanol–water partition coefficient (Wildman–Crippen LogP) is 4.69. The summed E-state index contributed by atoms with van der Waals surface area (Å²) in [5.41, 5.74) is 4.64. The van der Waals surface area contributed by atoms with Crippen molar-refractivity contribution in [3.63, 3.8) is 0 Å². The molecule has 0 spiro atoms. The number of hydrogen-bond donors (Lipinski definition) is 1. The first kappa shape index (κ1) is 21.2. The fraction of sp³-hybridized carbons (Fsp3) is 0.280. The van der Waals surface area contributed by atoms with Crippen molar-refractivity contribution in [3.8, 4) is 5.75 Å². The molecule has 0 saturated heterocycles. The van der Waals surface area contributed by atoms with Crippen molar-refractivity contribution < 1.29 is 9.53 Å². The van der Waals surface area contributed by atoms with E-state index in [0.29, 0.717) is 17.3 Å². The van der Waals surface area contributed by atoms with Gasteiger partial charge >= 0.3 is 0 Å². The number of amides is 1. The third-order valence-electron chi connectivity index (χ3n) is 5.54. The molecule has 160 valence electrons. The zero-order valence-corrected chi connectivity index (χ0v) is 18.5. The number of carbonyl (C=O) groups is 1. The molecule has 0 aliphatic carbocycles. The molecule has 1 aliphatic heterocycles. The maximum atomic E-state index is 12.4. The number of hydrogen-bond acceptors (Lipinski definition) is 4. The molecule has 1 aliphatic rings. The van der Waals surface area contributed by atoms with E-state index in [1.54, 1.807) is 19.1 Å². The first-order valence-corrected chi connectivity index (χ1v) is 10.8. The number of anilines is 1. The molecule has 0 bridgehead atoms. The van der Waals surface area contributed by atoms with E-state index < -0.39 is 6.10 Å². The van der Waals surface area contributed by atoms with Gasteiger partial charge in [0.1, 0.15) is 11.6 Å².